The van der Waals surface area contributed by atoms with Crippen LogP contribution in [0.15, 0.2) is 54.6 Å². The number of carbonyl (C=O) groups is 2. The van der Waals surface area contributed by atoms with Gasteiger partial charge in [0.25, 0.3) is 0 Å². The number of carbonyl (C=O) groups excluding carboxylic acids is 2. The van der Waals surface area contributed by atoms with E-state index in [1.54, 1.807) is 16.7 Å². The van der Waals surface area contributed by atoms with Gasteiger partial charge in [0, 0.05) is 30.5 Å². The van der Waals surface area contributed by atoms with Gasteiger partial charge in [-0.2, -0.15) is 11.8 Å². The molecular weight excluding hydrogens is 392 g/mol. The van der Waals surface area contributed by atoms with E-state index in [-0.39, 0.29) is 17.9 Å². The van der Waals surface area contributed by atoms with E-state index in [0.717, 1.165) is 17.1 Å². The maximum Gasteiger partial charge on any atom is 0.243 e. The predicted octanol–water partition coefficient (Wildman–Crippen LogP) is 4.95. The Morgan fingerprint density at radius 1 is 1.00 bits per heavy atom. The van der Waals surface area contributed by atoms with Crippen LogP contribution in [0.1, 0.15) is 50.3 Å². The number of hydrogen-bond acceptors (Lipinski definition) is 3. The van der Waals surface area contributed by atoms with Crippen LogP contribution >= 0.6 is 11.8 Å². The molecule has 0 radical (unpaired) electrons. The summed E-state index contributed by atoms with van der Waals surface area (Å²) in [5, 5.41) is 2.97. The second kappa shape index (κ2) is 12.4. The molecule has 0 spiro atoms. The summed E-state index contributed by atoms with van der Waals surface area (Å²) < 4.78 is 0. The number of rotatable bonds is 11. The number of aryl methyl sites for hydroxylation is 1. The van der Waals surface area contributed by atoms with E-state index in [1.165, 1.54) is 11.1 Å². The molecule has 2 aromatic rings. The minimum Gasteiger partial charge on any atom is -0.352 e. The van der Waals surface area contributed by atoms with Crippen molar-refractivity contribution in [2.45, 2.75) is 64.9 Å². The summed E-state index contributed by atoms with van der Waals surface area (Å²) in [6.45, 7) is 8.34. The summed E-state index contributed by atoms with van der Waals surface area (Å²) in [6.07, 6.45) is 1.02. The number of benzene rings is 2. The van der Waals surface area contributed by atoms with Gasteiger partial charge in [0.1, 0.15) is 6.04 Å². The summed E-state index contributed by atoms with van der Waals surface area (Å²) in [6, 6.07) is 18.0. The Hall–Kier alpha value is -2.27. The van der Waals surface area contributed by atoms with Gasteiger partial charge in [-0.3, -0.25) is 9.59 Å². The molecule has 0 saturated carbocycles. The fraction of sp³-hybridized carbons (Fsp3) is 0.440. The summed E-state index contributed by atoms with van der Waals surface area (Å²) in [5.74, 6) is 1.57. The number of nitrogens with zero attached hydrogens (tertiary/aromatic N) is 1. The Kier molecular flexibility index (Phi) is 9.95. The smallest absolute Gasteiger partial charge is 0.243 e. The molecule has 0 aromatic heterocycles. The Morgan fingerprint density at radius 3 is 2.27 bits per heavy atom. The SMILES string of the molecule is CCC(C(=O)NC(C)C)N(Cc1ccc(C)cc1)C(=O)CCSCc1ccccc1. The molecule has 0 fully saturated rings. The van der Waals surface area contributed by atoms with E-state index in [4.69, 9.17) is 0 Å². The van der Waals surface area contributed by atoms with Gasteiger partial charge < -0.3 is 10.2 Å². The topological polar surface area (TPSA) is 49.4 Å². The Balaban J connectivity index is 2.05. The highest BCUT2D eigenvalue weighted by atomic mass is 32.2. The van der Waals surface area contributed by atoms with E-state index < -0.39 is 6.04 Å². The highest BCUT2D eigenvalue weighted by molar-refractivity contribution is 7.98. The Labute approximate surface area is 185 Å². The van der Waals surface area contributed by atoms with E-state index in [0.29, 0.717) is 19.4 Å². The molecule has 2 aromatic carbocycles. The minimum atomic E-state index is -0.458. The highest BCUT2D eigenvalue weighted by Crippen LogP contribution is 2.17. The maximum atomic E-state index is 13.1. The molecule has 1 unspecified atom stereocenters. The van der Waals surface area contributed by atoms with Crippen LogP contribution in [0.5, 0.6) is 0 Å². The molecule has 0 bridgehead atoms. The van der Waals surface area contributed by atoms with Crippen molar-refractivity contribution in [2.24, 2.45) is 0 Å². The van der Waals surface area contributed by atoms with Crippen molar-refractivity contribution >= 4 is 23.6 Å². The zero-order chi connectivity index (χ0) is 21.9. The van der Waals surface area contributed by atoms with E-state index in [1.807, 2.05) is 70.2 Å². The molecular formula is C25H34N2O2S. The minimum absolute atomic E-state index is 0.0295. The number of nitrogens with one attached hydrogen (secondary N) is 1. The number of thioether (sulfide) groups is 1. The molecule has 1 atom stereocenters. The van der Waals surface area contributed by atoms with Crippen LogP contribution in [-0.4, -0.2) is 34.6 Å². The summed E-state index contributed by atoms with van der Waals surface area (Å²) in [4.78, 5) is 27.7. The van der Waals surface area contributed by atoms with Gasteiger partial charge in [-0.1, -0.05) is 67.1 Å². The molecule has 0 saturated heterocycles. The third-order valence-corrected chi connectivity index (χ3v) is 5.89. The average molecular weight is 427 g/mol. The maximum absolute atomic E-state index is 13.1. The summed E-state index contributed by atoms with van der Waals surface area (Å²) >= 11 is 1.75. The number of amides is 2. The van der Waals surface area contributed by atoms with Crippen molar-refractivity contribution < 1.29 is 9.59 Å². The van der Waals surface area contributed by atoms with E-state index in [9.17, 15) is 9.59 Å². The molecule has 5 heteroatoms. The van der Waals surface area contributed by atoms with Crippen LogP contribution in [0.4, 0.5) is 0 Å². The van der Waals surface area contributed by atoms with Crippen LogP contribution < -0.4 is 5.32 Å². The van der Waals surface area contributed by atoms with Gasteiger partial charge in [-0.05, 0) is 38.3 Å². The third kappa shape index (κ3) is 7.86. The van der Waals surface area contributed by atoms with E-state index in [2.05, 4.69) is 17.4 Å². The molecule has 2 rings (SSSR count). The van der Waals surface area contributed by atoms with Crippen LogP contribution in [0, 0.1) is 6.92 Å². The average Bonchev–Trinajstić information content (AvgIpc) is 2.72. The molecule has 0 aliphatic heterocycles. The normalized spacial score (nSPS) is 11.9. The lowest BCUT2D eigenvalue weighted by Gasteiger charge is -2.31. The standard InChI is InChI=1S/C25H34N2O2S/c1-5-23(25(29)26-19(2)3)27(17-21-13-11-20(4)12-14-21)24(28)15-16-30-18-22-9-7-6-8-10-22/h6-14,19,23H,5,15-18H2,1-4H3,(H,26,29). The molecule has 0 heterocycles. The van der Waals surface area contributed by atoms with Crippen molar-refractivity contribution in [3.8, 4) is 0 Å². The summed E-state index contributed by atoms with van der Waals surface area (Å²) in [5.41, 5.74) is 3.48. The second-order valence-electron chi connectivity index (χ2n) is 7.88. The Morgan fingerprint density at radius 2 is 1.67 bits per heavy atom. The fourth-order valence-electron chi connectivity index (χ4n) is 3.26. The van der Waals surface area contributed by atoms with Crippen LogP contribution in [0.25, 0.3) is 0 Å². The van der Waals surface area contributed by atoms with Crippen molar-refractivity contribution in [3.63, 3.8) is 0 Å². The van der Waals surface area contributed by atoms with E-state index >= 15 is 0 Å². The van der Waals surface area contributed by atoms with Crippen molar-refractivity contribution in [2.75, 3.05) is 5.75 Å². The predicted molar refractivity (Wildman–Crippen MR) is 126 cm³/mol. The van der Waals surface area contributed by atoms with Crippen LogP contribution in [-0.2, 0) is 21.9 Å². The highest BCUT2D eigenvalue weighted by Gasteiger charge is 2.28. The lowest BCUT2D eigenvalue weighted by atomic mass is 10.1. The van der Waals surface area contributed by atoms with Crippen LogP contribution in [0.3, 0.4) is 0 Å². The zero-order valence-electron chi connectivity index (χ0n) is 18.6. The quantitative estimate of drug-likeness (QED) is 0.517. The Bertz CT molecular complexity index is 791. The molecule has 0 aliphatic carbocycles. The van der Waals surface area contributed by atoms with Gasteiger partial charge in [-0.25, -0.2) is 0 Å². The molecule has 0 aliphatic rings. The van der Waals surface area contributed by atoms with Crippen molar-refractivity contribution in [1.29, 1.82) is 0 Å². The molecule has 4 nitrogen and oxygen atoms in total. The van der Waals surface area contributed by atoms with Gasteiger partial charge >= 0.3 is 0 Å². The molecule has 30 heavy (non-hydrogen) atoms. The number of hydrogen-bond donors (Lipinski definition) is 1. The largest absolute Gasteiger partial charge is 0.352 e. The first-order chi connectivity index (χ1) is 14.4. The van der Waals surface area contributed by atoms with Crippen LogP contribution in [0.2, 0.25) is 0 Å². The van der Waals surface area contributed by atoms with Crippen molar-refractivity contribution in [1.82, 2.24) is 10.2 Å². The zero-order valence-corrected chi connectivity index (χ0v) is 19.4. The van der Waals surface area contributed by atoms with Gasteiger partial charge in [0.2, 0.25) is 11.8 Å². The van der Waals surface area contributed by atoms with Crippen molar-refractivity contribution in [3.05, 3.63) is 71.3 Å². The first-order valence-electron chi connectivity index (χ1n) is 10.7. The van der Waals surface area contributed by atoms with Gasteiger partial charge in [0.05, 0.1) is 0 Å². The fourth-order valence-corrected chi connectivity index (χ4v) is 4.15. The first-order valence-corrected chi connectivity index (χ1v) is 11.8. The molecule has 162 valence electrons. The lowest BCUT2D eigenvalue weighted by Crippen LogP contribution is -2.50. The monoisotopic (exact) mass is 426 g/mol. The third-order valence-electron chi connectivity index (χ3n) is 4.86. The first kappa shape index (κ1) is 24.0. The van der Waals surface area contributed by atoms with Gasteiger partial charge in [0.15, 0.2) is 0 Å². The van der Waals surface area contributed by atoms with Gasteiger partial charge in [-0.15, -0.1) is 0 Å². The summed E-state index contributed by atoms with van der Waals surface area (Å²) in [7, 11) is 0. The molecule has 1 N–H and O–H groups in total. The lowest BCUT2D eigenvalue weighted by molar-refractivity contribution is -0.141. The molecule has 2 amide bonds. The second-order valence-corrected chi connectivity index (χ2v) is 8.99.